The Bertz CT molecular complexity index is 868. The first-order chi connectivity index (χ1) is 10.8. The molecule has 0 radical (unpaired) electrons. The lowest BCUT2D eigenvalue weighted by Gasteiger charge is -2.33. The van der Waals surface area contributed by atoms with Gasteiger partial charge in [-0.05, 0) is 48.0 Å². The summed E-state index contributed by atoms with van der Waals surface area (Å²) in [7, 11) is 3.71. The summed E-state index contributed by atoms with van der Waals surface area (Å²) in [5, 5.41) is 1.20. The van der Waals surface area contributed by atoms with Crippen molar-refractivity contribution in [2.75, 3.05) is 13.6 Å². The van der Waals surface area contributed by atoms with E-state index in [4.69, 9.17) is 33.9 Å². The van der Waals surface area contributed by atoms with Crippen LogP contribution in [0.5, 0.6) is 0 Å². The van der Waals surface area contributed by atoms with Crippen LogP contribution in [0.4, 0.5) is 0 Å². The van der Waals surface area contributed by atoms with Crippen molar-refractivity contribution in [2.24, 2.45) is 0 Å². The maximum absolute atomic E-state index is 11.6. The lowest BCUT2D eigenvalue weighted by molar-refractivity contribution is 0.295. The van der Waals surface area contributed by atoms with Gasteiger partial charge in [0.1, 0.15) is 0 Å². The Hall–Kier alpha value is -0.780. The molecule has 2 aromatic rings. The predicted molar refractivity (Wildman–Crippen MR) is 94.1 cm³/mol. The fraction of sp³-hybridized carbons (Fsp3) is 0.250. The molecule has 0 N–H and O–H groups in total. The van der Waals surface area contributed by atoms with Gasteiger partial charge in [0.05, 0.1) is 4.90 Å². The van der Waals surface area contributed by atoms with Crippen LogP contribution in [0.3, 0.4) is 0 Å². The lowest BCUT2D eigenvalue weighted by Crippen LogP contribution is -2.31. The van der Waals surface area contributed by atoms with E-state index in [2.05, 4.69) is 4.90 Å². The van der Waals surface area contributed by atoms with Crippen molar-refractivity contribution in [1.29, 1.82) is 0 Å². The highest BCUT2D eigenvalue weighted by Crippen LogP contribution is 2.38. The number of rotatable bonds is 2. The number of hydrogen-bond acceptors (Lipinski definition) is 3. The van der Waals surface area contributed by atoms with E-state index in [1.807, 2.05) is 19.2 Å². The fourth-order valence-electron chi connectivity index (χ4n) is 3.01. The Kier molecular flexibility index (Phi) is 4.64. The van der Waals surface area contributed by atoms with Crippen LogP contribution in [0.2, 0.25) is 10.0 Å². The van der Waals surface area contributed by atoms with Gasteiger partial charge in [-0.25, -0.2) is 8.42 Å². The average molecular weight is 391 g/mol. The van der Waals surface area contributed by atoms with Gasteiger partial charge in [-0.2, -0.15) is 0 Å². The van der Waals surface area contributed by atoms with E-state index < -0.39 is 9.05 Å². The molecule has 7 heteroatoms. The maximum Gasteiger partial charge on any atom is 0.261 e. The van der Waals surface area contributed by atoms with E-state index in [-0.39, 0.29) is 10.8 Å². The van der Waals surface area contributed by atoms with Crippen LogP contribution in [0.1, 0.15) is 22.6 Å². The highest BCUT2D eigenvalue weighted by atomic mass is 35.7. The van der Waals surface area contributed by atoms with Crippen molar-refractivity contribution in [2.45, 2.75) is 17.4 Å². The molecular formula is C16H14Cl3NO2S. The number of hydrogen-bond donors (Lipinski definition) is 0. The third-order valence-corrected chi connectivity index (χ3v) is 5.94. The molecule has 0 amide bonds. The highest BCUT2D eigenvalue weighted by Gasteiger charge is 2.27. The van der Waals surface area contributed by atoms with E-state index in [1.165, 1.54) is 6.07 Å². The fourth-order valence-corrected chi connectivity index (χ4v) is 4.39. The monoisotopic (exact) mass is 389 g/mol. The standard InChI is InChI=1S/C16H14Cl3NO2S/c1-20-8-14(10-3-2-4-12(5-10)23(19,21)22)13-6-11(17)7-16(18)15(13)9-20/h2-7,14H,8-9H2,1H3/t14-/m0/s1. The van der Waals surface area contributed by atoms with Crippen LogP contribution in [0.15, 0.2) is 41.3 Å². The van der Waals surface area contributed by atoms with Crippen LogP contribution in [0.25, 0.3) is 0 Å². The molecule has 2 aromatic carbocycles. The summed E-state index contributed by atoms with van der Waals surface area (Å²) < 4.78 is 23.2. The first-order valence-corrected chi connectivity index (χ1v) is 10.0. The Balaban J connectivity index is 2.15. The van der Waals surface area contributed by atoms with Crippen LogP contribution in [-0.4, -0.2) is 26.9 Å². The molecule has 0 spiro atoms. The molecule has 0 saturated heterocycles. The summed E-state index contributed by atoms with van der Waals surface area (Å²) in [6.07, 6.45) is 0. The van der Waals surface area contributed by atoms with E-state index in [1.54, 1.807) is 18.2 Å². The Morgan fingerprint density at radius 2 is 1.91 bits per heavy atom. The molecule has 1 aliphatic rings. The first-order valence-electron chi connectivity index (χ1n) is 6.96. The van der Waals surface area contributed by atoms with Crippen molar-refractivity contribution >= 4 is 42.9 Å². The van der Waals surface area contributed by atoms with E-state index >= 15 is 0 Å². The van der Waals surface area contributed by atoms with E-state index in [0.717, 1.165) is 29.8 Å². The summed E-state index contributed by atoms with van der Waals surface area (Å²) in [5.74, 6) is -0.0154. The van der Waals surface area contributed by atoms with Crippen molar-refractivity contribution in [3.05, 3.63) is 63.1 Å². The average Bonchev–Trinajstić information content (AvgIpc) is 2.47. The van der Waals surface area contributed by atoms with Crippen molar-refractivity contribution < 1.29 is 8.42 Å². The third-order valence-electron chi connectivity index (χ3n) is 4.03. The number of halogens is 3. The molecular weight excluding hydrogens is 377 g/mol. The molecule has 0 fully saturated rings. The van der Waals surface area contributed by atoms with Gasteiger partial charge < -0.3 is 4.90 Å². The smallest absolute Gasteiger partial charge is 0.261 e. The second-order valence-corrected chi connectivity index (χ2v) is 9.12. The van der Waals surface area contributed by atoms with Gasteiger partial charge in [0.25, 0.3) is 9.05 Å². The normalized spacial score (nSPS) is 18.7. The van der Waals surface area contributed by atoms with Gasteiger partial charge in [0.15, 0.2) is 0 Å². The molecule has 122 valence electrons. The Morgan fingerprint density at radius 1 is 1.17 bits per heavy atom. The molecule has 0 aliphatic carbocycles. The minimum atomic E-state index is -3.76. The number of fused-ring (bicyclic) bond motifs is 1. The van der Waals surface area contributed by atoms with Crippen molar-refractivity contribution in [3.63, 3.8) is 0 Å². The van der Waals surface area contributed by atoms with E-state index in [0.29, 0.717) is 10.0 Å². The zero-order chi connectivity index (χ0) is 16.8. The topological polar surface area (TPSA) is 37.4 Å². The van der Waals surface area contributed by atoms with E-state index in [9.17, 15) is 8.42 Å². The highest BCUT2D eigenvalue weighted by molar-refractivity contribution is 8.13. The quantitative estimate of drug-likeness (QED) is 0.709. The number of benzene rings is 2. The molecule has 23 heavy (non-hydrogen) atoms. The number of likely N-dealkylation sites (N-methyl/N-ethyl adjacent to an activating group) is 1. The predicted octanol–water partition coefficient (Wildman–Crippen LogP) is 4.50. The van der Waals surface area contributed by atoms with Gasteiger partial charge >= 0.3 is 0 Å². The van der Waals surface area contributed by atoms with Gasteiger partial charge in [0, 0.05) is 39.7 Å². The second kappa shape index (κ2) is 6.26. The summed E-state index contributed by atoms with van der Waals surface area (Å²) in [5.41, 5.74) is 2.93. The molecule has 0 saturated carbocycles. The largest absolute Gasteiger partial charge is 0.301 e. The summed E-state index contributed by atoms with van der Waals surface area (Å²) in [4.78, 5) is 2.24. The lowest BCUT2D eigenvalue weighted by atomic mass is 9.85. The molecule has 3 nitrogen and oxygen atoms in total. The zero-order valence-corrected chi connectivity index (χ0v) is 15.3. The van der Waals surface area contributed by atoms with Crippen molar-refractivity contribution in [1.82, 2.24) is 4.90 Å². The zero-order valence-electron chi connectivity index (χ0n) is 12.3. The van der Waals surface area contributed by atoms with Gasteiger partial charge in [0.2, 0.25) is 0 Å². The molecule has 3 rings (SSSR count). The minimum absolute atomic E-state index is 0.0154. The van der Waals surface area contributed by atoms with Crippen LogP contribution in [-0.2, 0) is 15.6 Å². The molecule has 1 aliphatic heterocycles. The third kappa shape index (κ3) is 3.52. The second-order valence-electron chi connectivity index (χ2n) is 5.72. The van der Waals surface area contributed by atoms with Crippen LogP contribution in [0, 0.1) is 0 Å². The van der Waals surface area contributed by atoms with Crippen LogP contribution < -0.4 is 0 Å². The van der Waals surface area contributed by atoms with Crippen LogP contribution >= 0.6 is 33.9 Å². The minimum Gasteiger partial charge on any atom is -0.301 e. The Morgan fingerprint density at radius 3 is 2.61 bits per heavy atom. The molecule has 1 atom stereocenters. The first kappa shape index (κ1) is 17.1. The molecule has 0 aromatic heterocycles. The molecule has 0 unspecified atom stereocenters. The molecule has 0 bridgehead atoms. The SMILES string of the molecule is CN1Cc2c(Cl)cc(Cl)cc2[C@H](c2cccc(S(=O)(=O)Cl)c2)C1. The Labute approximate surface area is 150 Å². The molecule has 1 heterocycles. The van der Waals surface area contributed by atoms with Gasteiger partial charge in [-0.1, -0.05) is 35.3 Å². The van der Waals surface area contributed by atoms with Gasteiger partial charge in [-0.3, -0.25) is 0 Å². The summed E-state index contributed by atoms with van der Waals surface area (Å²) in [6.45, 7) is 1.48. The van der Waals surface area contributed by atoms with Gasteiger partial charge in [-0.15, -0.1) is 0 Å². The summed E-state index contributed by atoms with van der Waals surface area (Å²) in [6, 6.07) is 10.3. The van der Waals surface area contributed by atoms with Crippen molar-refractivity contribution in [3.8, 4) is 0 Å². The summed E-state index contributed by atoms with van der Waals surface area (Å²) >= 11 is 12.5. The maximum atomic E-state index is 11.6. The number of nitrogens with zero attached hydrogens (tertiary/aromatic N) is 1.